The van der Waals surface area contributed by atoms with Gasteiger partial charge in [-0.15, -0.1) is 0 Å². The number of hydrogen-bond acceptors (Lipinski definition) is 4. The van der Waals surface area contributed by atoms with Gasteiger partial charge in [-0.25, -0.2) is 0 Å². The molecule has 2 rings (SSSR count). The number of rotatable bonds is 5. The highest BCUT2D eigenvalue weighted by Gasteiger charge is 2.31. The summed E-state index contributed by atoms with van der Waals surface area (Å²) in [6.07, 6.45) is 1.92. The zero-order valence-electron chi connectivity index (χ0n) is 15.0. The Hall–Kier alpha value is -1.33. The first-order valence-corrected chi connectivity index (χ1v) is 8.42. The van der Waals surface area contributed by atoms with Crippen LogP contribution in [-0.4, -0.2) is 43.7 Å². The second-order valence-electron chi connectivity index (χ2n) is 7.44. The first-order valence-electron chi connectivity index (χ1n) is 8.42. The molecule has 23 heavy (non-hydrogen) atoms. The Morgan fingerprint density at radius 1 is 1.39 bits per heavy atom. The molecule has 1 aromatic heterocycles. The van der Waals surface area contributed by atoms with Crippen molar-refractivity contribution in [1.29, 1.82) is 0 Å². The summed E-state index contributed by atoms with van der Waals surface area (Å²) in [5, 5.41) is 3.63. The summed E-state index contributed by atoms with van der Waals surface area (Å²) in [6.45, 7) is 10.1. The van der Waals surface area contributed by atoms with E-state index in [9.17, 15) is 4.79 Å². The molecule has 2 heterocycles. The molecule has 0 unspecified atom stereocenters. The van der Waals surface area contributed by atoms with Gasteiger partial charge < -0.3 is 19.4 Å². The van der Waals surface area contributed by atoms with Gasteiger partial charge >= 0.3 is 0 Å². The SMILES string of the molecule is COC[C@@H](NC1CCN(C(=O)C(C)(C)C)CC1)c1ccc(C)o1. The van der Waals surface area contributed by atoms with E-state index in [1.807, 2.05) is 44.7 Å². The molecule has 0 bridgehead atoms. The van der Waals surface area contributed by atoms with Crippen molar-refractivity contribution < 1.29 is 13.9 Å². The van der Waals surface area contributed by atoms with Crippen LogP contribution < -0.4 is 5.32 Å². The molecular weight excluding hydrogens is 292 g/mol. The number of amides is 1. The highest BCUT2D eigenvalue weighted by atomic mass is 16.5. The fraction of sp³-hybridized carbons (Fsp3) is 0.722. The number of likely N-dealkylation sites (tertiary alicyclic amines) is 1. The van der Waals surface area contributed by atoms with E-state index in [4.69, 9.17) is 9.15 Å². The lowest BCUT2D eigenvalue weighted by Crippen LogP contribution is -2.49. The van der Waals surface area contributed by atoms with E-state index in [1.165, 1.54) is 0 Å². The second kappa shape index (κ2) is 7.49. The number of hydrogen-bond donors (Lipinski definition) is 1. The van der Waals surface area contributed by atoms with Crippen LogP contribution in [0.15, 0.2) is 16.5 Å². The van der Waals surface area contributed by atoms with Crippen molar-refractivity contribution in [3.63, 3.8) is 0 Å². The maximum Gasteiger partial charge on any atom is 0.227 e. The van der Waals surface area contributed by atoms with Crippen LogP contribution in [-0.2, 0) is 9.53 Å². The Morgan fingerprint density at radius 3 is 2.52 bits per heavy atom. The molecule has 1 aliphatic rings. The fourth-order valence-corrected chi connectivity index (χ4v) is 3.03. The summed E-state index contributed by atoms with van der Waals surface area (Å²) in [7, 11) is 1.70. The normalized spacial score (nSPS) is 18.2. The van der Waals surface area contributed by atoms with Crippen LogP contribution in [0.1, 0.15) is 51.2 Å². The van der Waals surface area contributed by atoms with E-state index in [-0.39, 0.29) is 17.4 Å². The third kappa shape index (κ3) is 4.82. The molecule has 1 N–H and O–H groups in total. The predicted molar refractivity (Wildman–Crippen MR) is 90.3 cm³/mol. The molecule has 0 aliphatic carbocycles. The molecule has 5 nitrogen and oxygen atoms in total. The van der Waals surface area contributed by atoms with Crippen LogP contribution in [0.25, 0.3) is 0 Å². The van der Waals surface area contributed by atoms with Gasteiger partial charge in [0.25, 0.3) is 0 Å². The van der Waals surface area contributed by atoms with Gasteiger partial charge in [-0.3, -0.25) is 4.79 Å². The first kappa shape index (κ1) is 18.0. The number of aryl methyl sites for hydroxylation is 1. The van der Waals surface area contributed by atoms with Crippen LogP contribution in [0.4, 0.5) is 0 Å². The van der Waals surface area contributed by atoms with Gasteiger partial charge in [-0.1, -0.05) is 20.8 Å². The zero-order valence-corrected chi connectivity index (χ0v) is 15.0. The number of nitrogens with one attached hydrogen (secondary N) is 1. The molecule has 0 aromatic carbocycles. The summed E-state index contributed by atoms with van der Waals surface area (Å²) in [4.78, 5) is 14.3. The lowest BCUT2D eigenvalue weighted by Gasteiger charge is -2.37. The van der Waals surface area contributed by atoms with E-state index >= 15 is 0 Å². The molecule has 5 heteroatoms. The highest BCUT2D eigenvalue weighted by Crippen LogP contribution is 2.23. The van der Waals surface area contributed by atoms with E-state index < -0.39 is 0 Å². The average molecular weight is 322 g/mol. The van der Waals surface area contributed by atoms with E-state index in [1.54, 1.807) is 7.11 Å². The van der Waals surface area contributed by atoms with Crippen LogP contribution in [0.3, 0.4) is 0 Å². The topological polar surface area (TPSA) is 54.7 Å². The minimum absolute atomic E-state index is 0.0589. The van der Waals surface area contributed by atoms with Crippen LogP contribution in [0, 0.1) is 12.3 Å². The van der Waals surface area contributed by atoms with Crippen molar-refractivity contribution in [2.24, 2.45) is 5.41 Å². The maximum atomic E-state index is 12.3. The van der Waals surface area contributed by atoms with Gasteiger partial charge in [-0.05, 0) is 31.9 Å². The number of ether oxygens (including phenoxy) is 1. The summed E-state index contributed by atoms with van der Waals surface area (Å²) in [6, 6.07) is 4.42. The molecule has 1 saturated heterocycles. The fourth-order valence-electron chi connectivity index (χ4n) is 3.03. The van der Waals surface area contributed by atoms with Crippen molar-refractivity contribution in [2.45, 2.75) is 52.6 Å². The summed E-state index contributed by atoms with van der Waals surface area (Å²) >= 11 is 0. The predicted octanol–water partition coefficient (Wildman–Crippen LogP) is 2.90. The Bertz CT molecular complexity index is 511. The number of carbonyl (C=O) groups excluding carboxylic acids is 1. The van der Waals surface area contributed by atoms with E-state index in [0.29, 0.717) is 12.6 Å². The molecule has 0 spiro atoms. The van der Waals surface area contributed by atoms with Gasteiger partial charge in [0.05, 0.1) is 12.6 Å². The number of nitrogens with zero attached hydrogens (tertiary/aromatic N) is 1. The highest BCUT2D eigenvalue weighted by molar-refractivity contribution is 5.81. The second-order valence-corrected chi connectivity index (χ2v) is 7.44. The minimum atomic E-state index is -0.301. The van der Waals surface area contributed by atoms with Crippen molar-refractivity contribution in [3.8, 4) is 0 Å². The third-order valence-corrected chi connectivity index (χ3v) is 4.30. The average Bonchev–Trinajstić information content (AvgIpc) is 2.92. The van der Waals surface area contributed by atoms with E-state index in [2.05, 4.69) is 5.32 Å². The number of methoxy groups -OCH3 is 1. The quantitative estimate of drug-likeness (QED) is 0.905. The molecule has 1 aromatic rings. The zero-order chi connectivity index (χ0) is 17.0. The molecule has 1 amide bonds. The Balaban J connectivity index is 1.90. The van der Waals surface area contributed by atoms with Crippen LogP contribution in [0.5, 0.6) is 0 Å². The van der Waals surface area contributed by atoms with Gasteiger partial charge in [0.1, 0.15) is 11.5 Å². The Labute approximate surface area is 139 Å². The molecule has 1 atom stereocenters. The van der Waals surface area contributed by atoms with Gasteiger partial charge in [0, 0.05) is 31.7 Å². The third-order valence-electron chi connectivity index (χ3n) is 4.30. The standard InChI is InChI=1S/C18H30N2O3/c1-13-6-7-16(23-13)15(12-22-5)19-14-8-10-20(11-9-14)17(21)18(2,3)4/h6-7,14-15,19H,8-12H2,1-5H3/t15-/m1/s1. The monoisotopic (exact) mass is 322 g/mol. The molecule has 1 aliphatic heterocycles. The van der Waals surface area contributed by atoms with Crippen LogP contribution >= 0.6 is 0 Å². The maximum absolute atomic E-state index is 12.3. The lowest BCUT2D eigenvalue weighted by atomic mass is 9.93. The van der Waals surface area contributed by atoms with Crippen molar-refractivity contribution in [2.75, 3.05) is 26.8 Å². The number of carbonyl (C=O) groups is 1. The first-order chi connectivity index (χ1) is 10.8. The van der Waals surface area contributed by atoms with E-state index in [0.717, 1.165) is 37.5 Å². The van der Waals surface area contributed by atoms with Gasteiger partial charge in [-0.2, -0.15) is 0 Å². The molecular formula is C18H30N2O3. The minimum Gasteiger partial charge on any atom is -0.465 e. The number of furan rings is 1. The molecule has 0 radical (unpaired) electrons. The van der Waals surface area contributed by atoms with Crippen LogP contribution in [0.2, 0.25) is 0 Å². The summed E-state index contributed by atoms with van der Waals surface area (Å²) < 4.78 is 11.1. The molecule has 1 fully saturated rings. The largest absolute Gasteiger partial charge is 0.465 e. The Morgan fingerprint density at radius 2 is 2.04 bits per heavy atom. The summed E-state index contributed by atoms with van der Waals surface area (Å²) in [5.74, 6) is 2.07. The number of piperidine rings is 1. The van der Waals surface area contributed by atoms with Gasteiger partial charge in [0.2, 0.25) is 5.91 Å². The smallest absolute Gasteiger partial charge is 0.227 e. The lowest BCUT2D eigenvalue weighted by molar-refractivity contribution is -0.140. The summed E-state index contributed by atoms with van der Waals surface area (Å²) in [5.41, 5.74) is -0.301. The molecule has 0 saturated carbocycles. The van der Waals surface area contributed by atoms with Gasteiger partial charge in [0.15, 0.2) is 0 Å². The van der Waals surface area contributed by atoms with Crippen molar-refractivity contribution in [1.82, 2.24) is 10.2 Å². The Kier molecular flexibility index (Phi) is 5.87. The van der Waals surface area contributed by atoms with Crippen molar-refractivity contribution >= 4 is 5.91 Å². The van der Waals surface area contributed by atoms with Crippen molar-refractivity contribution in [3.05, 3.63) is 23.7 Å². The molecule has 130 valence electrons.